The van der Waals surface area contributed by atoms with Crippen LogP contribution in [0.2, 0.25) is 0 Å². The largest absolute Gasteiger partial charge is 0.325 e. The quantitative estimate of drug-likeness (QED) is 0.716. The molecule has 0 bridgehead atoms. The molecule has 2 N–H and O–H groups in total. The van der Waals surface area contributed by atoms with E-state index in [1.54, 1.807) is 42.6 Å². The van der Waals surface area contributed by atoms with Crippen molar-refractivity contribution >= 4 is 34.5 Å². The maximum Gasteiger partial charge on any atom is 0.255 e. The number of rotatable bonds is 3. The van der Waals surface area contributed by atoms with Gasteiger partial charge in [-0.25, -0.2) is 0 Å². The van der Waals surface area contributed by atoms with Crippen molar-refractivity contribution in [2.24, 2.45) is 0 Å². The second kappa shape index (κ2) is 5.95. The van der Waals surface area contributed by atoms with Crippen LogP contribution in [0.4, 0.5) is 5.69 Å². The molecule has 104 valence electrons. The Kier molecular flexibility index (Phi) is 3.85. The third-order valence-corrected chi connectivity index (χ3v) is 3.53. The second-order valence-electron chi connectivity index (χ2n) is 4.48. The molecule has 0 saturated heterocycles. The minimum atomic E-state index is -0.206. The van der Waals surface area contributed by atoms with E-state index in [0.29, 0.717) is 28.2 Å². The molecule has 3 rings (SSSR count). The summed E-state index contributed by atoms with van der Waals surface area (Å²) in [5.41, 5.74) is 1.97. The van der Waals surface area contributed by atoms with E-state index in [9.17, 15) is 4.79 Å². The van der Waals surface area contributed by atoms with Crippen molar-refractivity contribution < 1.29 is 9.35 Å². The first-order valence-electron chi connectivity index (χ1n) is 6.34. The maximum absolute atomic E-state index is 12.2. The molecule has 21 heavy (non-hydrogen) atoms. The molecule has 0 aliphatic carbocycles. The summed E-state index contributed by atoms with van der Waals surface area (Å²) in [6, 6.07) is 16.2. The number of aromatic nitrogens is 1. The standard InChI is InChI=1S/C16H12N2O2S/c19-16(18-13-4-1-5-14(10-13)21-20)12-7-6-11-3-2-8-17-15(11)9-12/h1-10,20H,(H,18,19). The smallest absolute Gasteiger partial charge is 0.255 e. The van der Waals surface area contributed by atoms with Gasteiger partial charge in [0.1, 0.15) is 0 Å². The lowest BCUT2D eigenvalue weighted by Crippen LogP contribution is -2.11. The molecule has 5 heteroatoms. The number of carbonyl (C=O) groups is 1. The Morgan fingerprint density at radius 2 is 2.00 bits per heavy atom. The Morgan fingerprint density at radius 1 is 1.10 bits per heavy atom. The van der Waals surface area contributed by atoms with Gasteiger partial charge in [-0.1, -0.05) is 18.2 Å². The number of carbonyl (C=O) groups excluding carboxylic acids is 1. The summed E-state index contributed by atoms with van der Waals surface area (Å²) >= 11 is 0.646. The van der Waals surface area contributed by atoms with Gasteiger partial charge in [-0.15, -0.1) is 0 Å². The minimum Gasteiger partial charge on any atom is -0.325 e. The molecule has 4 nitrogen and oxygen atoms in total. The van der Waals surface area contributed by atoms with Crippen LogP contribution in [0.15, 0.2) is 65.7 Å². The maximum atomic E-state index is 12.2. The molecule has 3 aromatic rings. The Labute approximate surface area is 126 Å². The summed E-state index contributed by atoms with van der Waals surface area (Å²) in [6.07, 6.45) is 1.70. The lowest BCUT2D eigenvalue weighted by Gasteiger charge is -2.07. The van der Waals surface area contributed by atoms with E-state index in [-0.39, 0.29) is 5.91 Å². The van der Waals surface area contributed by atoms with E-state index in [1.807, 2.05) is 18.2 Å². The number of nitrogens with one attached hydrogen (secondary N) is 1. The van der Waals surface area contributed by atoms with Gasteiger partial charge >= 0.3 is 0 Å². The number of nitrogens with zero attached hydrogens (tertiary/aromatic N) is 1. The van der Waals surface area contributed by atoms with Crippen LogP contribution >= 0.6 is 12.0 Å². The van der Waals surface area contributed by atoms with E-state index in [0.717, 1.165) is 10.9 Å². The SMILES string of the molecule is O=C(Nc1cccc(SO)c1)c1ccc2cccnc2c1. The molecular formula is C16H12N2O2S. The van der Waals surface area contributed by atoms with Gasteiger partial charge in [-0.3, -0.25) is 9.78 Å². The average molecular weight is 296 g/mol. The minimum absolute atomic E-state index is 0.206. The van der Waals surface area contributed by atoms with Gasteiger partial charge in [0.15, 0.2) is 0 Å². The van der Waals surface area contributed by atoms with E-state index < -0.39 is 0 Å². The highest BCUT2D eigenvalue weighted by molar-refractivity contribution is 7.93. The molecule has 0 aliphatic rings. The number of benzene rings is 2. The monoisotopic (exact) mass is 296 g/mol. The van der Waals surface area contributed by atoms with Crippen molar-refractivity contribution in [1.82, 2.24) is 4.98 Å². The normalized spacial score (nSPS) is 10.5. The Bertz CT molecular complexity index is 805. The number of hydrogen-bond donors (Lipinski definition) is 2. The number of fused-ring (bicyclic) bond motifs is 1. The zero-order valence-electron chi connectivity index (χ0n) is 11.0. The molecule has 0 unspecified atom stereocenters. The summed E-state index contributed by atoms with van der Waals surface area (Å²) in [5.74, 6) is -0.206. The van der Waals surface area contributed by atoms with Crippen molar-refractivity contribution in [3.63, 3.8) is 0 Å². The average Bonchev–Trinajstić information content (AvgIpc) is 2.54. The Morgan fingerprint density at radius 3 is 2.86 bits per heavy atom. The summed E-state index contributed by atoms with van der Waals surface area (Å²) in [6.45, 7) is 0. The van der Waals surface area contributed by atoms with Crippen molar-refractivity contribution in [2.75, 3.05) is 5.32 Å². The molecule has 1 heterocycles. The van der Waals surface area contributed by atoms with Crippen molar-refractivity contribution in [3.05, 3.63) is 66.4 Å². The fourth-order valence-corrected chi connectivity index (χ4v) is 2.36. The second-order valence-corrected chi connectivity index (χ2v) is 5.14. The summed E-state index contributed by atoms with van der Waals surface area (Å²) < 4.78 is 9.03. The van der Waals surface area contributed by atoms with Gasteiger partial charge in [-0.05, 0) is 36.4 Å². The highest BCUT2D eigenvalue weighted by Gasteiger charge is 2.07. The summed E-state index contributed by atoms with van der Waals surface area (Å²) in [5, 5.41) is 3.80. The molecule has 0 spiro atoms. The summed E-state index contributed by atoms with van der Waals surface area (Å²) in [7, 11) is 0. The van der Waals surface area contributed by atoms with Gasteiger partial charge in [0.05, 0.1) is 5.52 Å². The molecule has 0 radical (unpaired) electrons. The molecular weight excluding hydrogens is 284 g/mol. The fourth-order valence-electron chi connectivity index (χ4n) is 2.04. The predicted octanol–water partition coefficient (Wildman–Crippen LogP) is 4.05. The van der Waals surface area contributed by atoms with Gasteiger partial charge in [-0.2, -0.15) is 0 Å². The van der Waals surface area contributed by atoms with Gasteiger partial charge in [0.2, 0.25) is 0 Å². The first kappa shape index (κ1) is 13.6. The van der Waals surface area contributed by atoms with E-state index in [1.165, 1.54) is 0 Å². The fraction of sp³-hybridized carbons (Fsp3) is 0. The lowest BCUT2D eigenvalue weighted by atomic mass is 10.1. The highest BCUT2D eigenvalue weighted by atomic mass is 32.2. The molecule has 1 aromatic heterocycles. The van der Waals surface area contributed by atoms with Crippen LogP contribution in [0, 0.1) is 0 Å². The molecule has 1 amide bonds. The van der Waals surface area contributed by atoms with Crippen LogP contribution < -0.4 is 5.32 Å². The third kappa shape index (κ3) is 3.04. The van der Waals surface area contributed by atoms with Crippen molar-refractivity contribution in [1.29, 1.82) is 0 Å². The molecule has 0 fully saturated rings. The highest BCUT2D eigenvalue weighted by Crippen LogP contribution is 2.20. The van der Waals surface area contributed by atoms with E-state index >= 15 is 0 Å². The third-order valence-electron chi connectivity index (χ3n) is 3.07. The first-order valence-corrected chi connectivity index (χ1v) is 7.11. The zero-order valence-corrected chi connectivity index (χ0v) is 11.8. The number of amides is 1. The zero-order chi connectivity index (χ0) is 14.7. The van der Waals surface area contributed by atoms with Gasteiger partial charge in [0, 0.05) is 39.8 Å². The number of hydrogen-bond acceptors (Lipinski definition) is 4. The lowest BCUT2D eigenvalue weighted by molar-refractivity contribution is 0.102. The van der Waals surface area contributed by atoms with Crippen LogP contribution in [-0.4, -0.2) is 15.4 Å². The molecule has 0 atom stereocenters. The van der Waals surface area contributed by atoms with E-state index in [2.05, 4.69) is 10.3 Å². The summed E-state index contributed by atoms with van der Waals surface area (Å²) in [4.78, 5) is 17.2. The van der Waals surface area contributed by atoms with Crippen molar-refractivity contribution in [2.45, 2.75) is 4.90 Å². The Hall–Kier alpha value is -2.37. The molecule has 0 saturated carbocycles. The van der Waals surface area contributed by atoms with Gasteiger partial charge < -0.3 is 9.87 Å². The van der Waals surface area contributed by atoms with Crippen LogP contribution in [0.3, 0.4) is 0 Å². The van der Waals surface area contributed by atoms with Crippen molar-refractivity contribution in [3.8, 4) is 0 Å². The topological polar surface area (TPSA) is 62.2 Å². The van der Waals surface area contributed by atoms with Crippen LogP contribution in [-0.2, 0) is 0 Å². The van der Waals surface area contributed by atoms with Gasteiger partial charge in [0.25, 0.3) is 5.91 Å². The van der Waals surface area contributed by atoms with Crippen LogP contribution in [0.1, 0.15) is 10.4 Å². The van der Waals surface area contributed by atoms with Crippen LogP contribution in [0.25, 0.3) is 10.9 Å². The first-order chi connectivity index (χ1) is 10.3. The molecule has 2 aromatic carbocycles. The number of pyridine rings is 1. The van der Waals surface area contributed by atoms with Crippen LogP contribution in [0.5, 0.6) is 0 Å². The Balaban J connectivity index is 1.86. The molecule has 0 aliphatic heterocycles. The van der Waals surface area contributed by atoms with E-state index in [4.69, 9.17) is 4.55 Å². The predicted molar refractivity (Wildman–Crippen MR) is 84.6 cm³/mol. The number of anilines is 1.